The molecule has 0 aliphatic carbocycles. The van der Waals surface area contributed by atoms with Gasteiger partial charge in [0.25, 0.3) is 0 Å². The van der Waals surface area contributed by atoms with Crippen LogP contribution in [0.2, 0.25) is 0 Å². The highest BCUT2D eigenvalue weighted by Gasteiger charge is 2.42. The zero-order valence-electron chi connectivity index (χ0n) is 11.2. The van der Waals surface area contributed by atoms with E-state index in [0.717, 1.165) is 36.8 Å². The van der Waals surface area contributed by atoms with E-state index in [0.29, 0.717) is 6.42 Å². The van der Waals surface area contributed by atoms with Crippen LogP contribution in [-0.2, 0) is 17.2 Å². The number of nitrogens with zero attached hydrogens (tertiary/aromatic N) is 1. The molecule has 104 valence electrons. The molecule has 2 fully saturated rings. The zero-order valence-corrected chi connectivity index (χ0v) is 12.1. The maximum Gasteiger partial charge on any atom is 0.166 e. The molecule has 2 saturated heterocycles. The molecule has 0 radical (unpaired) electrons. The molecule has 0 saturated carbocycles. The number of nitriles is 1. The average molecular weight is 287 g/mol. The first kappa shape index (κ1) is 13.5. The zero-order chi connectivity index (χ0) is 14.1. The van der Waals surface area contributed by atoms with Gasteiger partial charge in [0, 0.05) is 32.8 Å². The predicted octanol–water partition coefficient (Wildman–Crippen LogP) is 2.63. The number of fused-ring (bicyclic) bond motifs is 2. The number of benzene rings is 1. The third kappa shape index (κ3) is 2.43. The molecule has 0 N–H and O–H groups in total. The summed E-state index contributed by atoms with van der Waals surface area (Å²) in [5.41, 5.74) is 1.66. The van der Waals surface area contributed by atoms with Crippen molar-refractivity contribution in [3.8, 4) is 6.07 Å². The number of carbonyl (C=O) groups is 1. The monoisotopic (exact) mass is 287 g/mol. The topological polar surface area (TPSA) is 57.9 Å². The average Bonchev–Trinajstić information content (AvgIpc) is 2.68. The van der Waals surface area contributed by atoms with Gasteiger partial charge in [-0.15, -0.1) is 0 Å². The molecule has 3 rings (SSSR count). The molecule has 1 aromatic rings. The van der Waals surface area contributed by atoms with Crippen molar-refractivity contribution in [2.24, 2.45) is 5.92 Å². The van der Waals surface area contributed by atoms with Gasteiger partial charge in [-0.2, -0.15) is 5.26 Å². The first-order chi connectivity index (χ1) is 9.69. The maximum absolute atomic E-state index is 12.5. The minimum atomic E-state index is -0.707. The van der Waals surface area contributed by atoms with Crippen LogP contribution in [0.3, 0.4) is 0 Å². The van der Waals surface area contributed by atoms with Crippen LogP contribution >= 0.6 is 0 Å². The Hall–Kier alpha value is -1.47. The number of carbonyl (C=O) groups excluding carboxylic acids is 1. The lowest BCUT2D eigenvalue weighted by molar-refractivity contribution is 0.0906. The van der Waals surface area contributed by atoms with E-state index in [4.69, 9.17) is 5.26 Å². The van der Waals surface area contributed by atoms with Gasteiger partial charge in [-0.05, 0) is 31.2 Å². The summed E-state index contributed by atoms with van der Waals surface area (Å²) < 4.78 is 12.0. The molecule has 4 heteroatoms. The lowest BCUT2D eigenvalue weighted by Crippen LogP contribution is -2.32. The molecule has 0 aromatic heterocycles. The highest BCUT2D eigenvalue weighted by atomic mass is 32.2. The van der Waals surface area contributed by atoms with Crippen LogP contribution < -0.4 is 0 Å². The normalized spacial score (nSPS) is 31.8. The lowest BCUT2D eigenvalue weighted by atomic mass is 9.90. The number of ketones is 1. The summed E-state index contributed by atoms with van der Waals surface area (Å²) in [6, 6.07) is 9.45. The van der Waals surface area contributed by atoms with Crippen LogP contribution in [0.5, 0.6) is 0 Å². The Morgan fingerprint density at radius 3 is 2.35 bits per heavy atom. The van der Waals surface area contributed by atoms with Crippen molar-refractivity contribution >= 4 is 16.6 Å². The third-order valence-electron chi connectivity index (χ3n) is 4.45. The van der Waals surface area contributed by atoms with Crippen molar-refractivity contribution in [2.75, 3.05) is 0 Å². The molecule has 0 amide bonds. The van der Waals surface area contributed by atoms with Crippen LogP contribution in [0, 0.1) is 17.2 Å². The molecule has 20 heavy (non-hydrogen) atoms. The lowest BCUT2D eigenvalue weighted by Gasteiger charge is -2.26. The molecule has 3 nitrogen and oxygen atoms in total. The van der Waals surface area contributed by atoms with Crippen molar-refractivity contribution in [3.05, 3.63) is 35.4 Å². The summed E-state index contributed by atoms with van der Waals surface area (Å²) in [7, 11) is -0.707. The van der Waals surface area contributed by atoms with E-state index in [1.54, 1.807) is 0 Å². The second-order valence-electron chi connectivity index (χ2n) is 5.71. The maximum atomic E-state index is 12.5. The van der Waals surface area contributed by atoms with E-state index in [-0.39, 0.29) is 22.2 Å². The molecule has 2 aliphatic heterocycles. The van der Waals surface area contributed by atoms with Crippen LogP contribution in [-0.4, -0.2) is 20.5 Å². The quantitative estimate of drug-likeness (QED) is 0.803. The number of Topliss-reactive ketones (excluding diaryl/α,β-unsaturated/α-hetero) is 1. The fraction of sp³-hybridized carbons (Fsp3) is 0.500. The molecule has 2 unspecified atom stereocenters. The van der Waals surface area contributed by atoms with Crippen molar-refractivity contribution in [1.29, 1.82) is 5.26 Å². The summed E-state index contributed by atoms with van der Waals surface area (Å²) in [6.45, 7) is 0. The first-order valence-corrected chi connectivity index (χ1v) is 8.36. The molecule has 0 spiro atoms. The van der Waals surface area contributed by atoms with Crippen LogP contribution in [0.15, 0.2) is 24.3 Å². The van der Waals surface area contributed by atoms with Gasteiger partial charge < -0.3 is 0 Å². The van der Waals surface area contributed by atoms with Crippen molar-refractivity contribution < 1.29 is 9.00 Å². The Bertz CT molecular complexity index is 571. The first-order valence-electron chi connectivity index (χ1n) is 7.08. The van der Waals surface area contributed by atoms with Gasteiger partial charge in [0.1, 0.15) is 0 Å². The summed E-state index contributed by atoms with van der Waals surface area (Å²) in [5.74, 6) is 0.217. The smallest absolute Gasteiger partial charge is 0.166 e. The molecule has 2 aliphatic rings. The Morgan fingerprint density at radius 2 is 1.80 bits per heavy atom. The summed E-state index contributed by atoms with van der Waals surface area (Å²) >= 11 is 0. The molecular formula is C16H17NO2S. The third-order valence-corrected chi connectivity index (χ3v) is 6.63. The summed E-state index contributed by atoms with van der Waals surface area (Å²) in [5, 5.41) is 9.12. The highest BCUT2D eigenvalue weighted by molar-refractivity contribution is 7.86. The highest BCUT2D eigenvalue weighted by Crippen LogP contribution is 2.39. The van der Waals surface area contributed by atoms with E-state index in [9.17, 15) is 9.00 Å². The van der Waals surface area contributed by atoms with E-state index in [2.05, 4.69) is 6.07 Å². The van der Waals surface area contributed by atoms with Crippen molar-refractivity contribution in [2.45, 2.75) is 42.6 Å². The van der Waals surface area contributed by atoms with Gasteiger partial charge in [0.05, 0.1) is 12.5 Å². The largest absolute Gasteiger partial charge is 0.294 e. The Morgan fingerprint density at radius 1 is 1.20 bits per heavy atom. The summed E-state index contributed by atoms with van der Waals surface area (Å²) in [4.78, 5) is 12.5. The van der Waals surface area contributed by atoms with E-state index in [1.807, 2.05) is 24.3 Å². The second kappa shape index (κ2) is 5.49. The summed E-state index contributed by atoms with van der Waals surface area (Å²) in [6.07, 6.45) is 3.97. The standard InChI is InChI=1S/C16H17NO2S/c17-8-7-11-1-3-12(4-2-11)16(18)13-9-14-5-6-15(10-13)20(14)19/h1-4,13-15H,5-7,9-10H2. The van der Waals surface area contributed by atoms with E-state index < -0.39 is 10.8 Å². The molecule has 2 bridgehead atoms. The molecular weight excluding hydrogens is 270 g/mol. The van der Waals surface area contributed by atoms with Crippen molar-refractivity contribution in [3.63, 3.8) is 0 Å². The fourth-order valence-electron chi connectivity index (χ4n) is 3.36. The molecule has 2 atom stereocenters. The van der Waals surface area contributed by atoms with Gasteiger partial charge in [-0.3, -0.25) is 9.00 Å². The Labute approximate surface area is 121 Å². The Kier molecular flexibility index (Phi) is 3.71. The fourth-order valence-corrected chi connectivity index (χ4v) is 5.49. The number of hydrogen-bond donors (Lipinski definition) is 0. The van der Waals surface area contributed by atoms with Gasteiger partial charge >= 0.3 is 0 Å². The van der Waals surface area contributed by atoms with Gasteiger partial charge in [0.2, 0.25) is 0 Å². The molecule has 1 aromatic carbocycles. The minimum Gasteiger partial charge on any atom is -0.294 e. The second-order valence-corrected chi connectivity index (χ2v) is 7.70. The van der Waals surface area contributed by atoms with E-state index >= 15 is 0 Å². The minimum absolute atomic E-state index is 0.0343. The molecule has 2 heterocycles. The Balaban J connectivity index is 1.73. The number of rotatable bonds is 3. The van der Waals surface area contributed by atoms with E-state index in [1.165, 1.54) is 0 Å². The van der Waals surface area contributed by atoms with Gasteiger partial charge in [-0.25, -0.2) is 0 Å². The van der Waals surface area contributed by atoms with Crippen LogP contribution in [0.25, 0.3) is 0 Å². The van der Waals surface area contributed by atoms with Gasteiger partial charge in [-0.1, -0.05) is 24.3 Å². The SMILES string of the molecule is N#CCc1ccc(C(=O)C2CC3CCC(C2)S3=O)cc1. The van der Waals surface area contributed by atoms with Crippen molar-refractivity contribution in [1.82, 2.24) is 0 Å². The number of hydrogen-bond acceptors (Lipinski definition) is 3. The predicted molar refractivity (Wildman–Crippen MR) is 77.8 cm³/mol. The van der Waals surface area contributed by atoms with Gasteiger partial charge in [0.15, 0.2) is 5.78 Å². The van der Waals surface area contributed by atoms with Crippen LogP contribution in [0.4, 0.5) is 0 Å². The van der Waals surface area contributed by atoms with Crippen LogP contribution in [0.1, 0.15) is 41.6 Å².